The molecular weight excluding hydrogens is 379 g/mol. The van der Waals surface area contributed by atoms with E-state index < -0.39 is 5.82 Å². The molecular formula is C22H22ClFN2O2. The van der Waals surface area contributed by atoms with Gasteiger partial charge in [-0.3, -0.25) is 0 Å². The Balaban J connectivity index is 2.10. The van der Waals surface area contributed by atoms with Crippen molar-refractivity contribution in [1.29, 1.82) is 0 Å². The van der Waals surface area contributed by atoms with Crippen molar-refractivity contribution in [2.24, 2.45) is 5.73 Å². The number of aromatic nitrogens is 1. The Labute approximate surface area is 168 Å². The van der Waals surface area contributed by atoms with Gasteiger partial charge in [-0.25, -0.2) is 9.37 Å². The second kappa shape index (κ2) is 9.15. The summed E-state index contributed by atoms with van der Waals surface area (Å²) in [6.45, 7) is 1.91. The second-order valence-corrected chi connectivity index (χ2v) is 6.85. The average molecular weight is 401 g/mol. The molecule has 1 atom stereocenters. The van der Waals surface area contributed by atoms with Gasteiger partial charge in [0.2, 0.25) is 0 Å². The number of pyridine rings is 1. The van der Waals surface area contributed by atoms with E-state index in [1.807, 2.05) is 42.5 Å². The van der Waals surface area contributed by atoms with Crippen molar-refractivity contribution in [3.8, 4) is 17.0 Å². The fraction of sp³-hybridized carbons (Fsp3) is 0.227. The highest BCUT2D eigenvalue weighted by atomic mass is 35.5. The second-order valence-electron chi connectivity index (χ2n) is 6.45. The van der Waals surface area contributed by atoms with Gasteiger partial charge in [0.25, 0.3) is 5.88 Å². The molecule has 0 amide bonds. The van der Waals surface area contributed by atoms with Crippen LogP contribution in [0.25, 0.3) is 11.1 Å². The number of ether oxygens (including phenoxy) is 1. The molecule has 0 radical (unpaired) electrons. The van der Waals surface area contributed by atoms with Gasteiger partial charge in [0.1, 0.15) is 6.61 Å². The van der Waals surface area contributed by atoms with E-state index in [9.17, 15) is 0 Å². The van der Waals surface area contributed by atoms with Gasteiger partial charge in [0, 0.05) is 34.8 Å². The summed E-state index contributed by atoms with van der Waals surface area (Å²) in [6.07, 6.45) is 1.53. The van der Waals surface area contributed by atoms with Crippen molar-refractivity contribution < 1.29 is 14.2 Å². The Morgan fingerprint density at radius 1 is 1.18 bits per heavy atom. The van der Waals surface area contributed by atoms with Crippen LogP contribution in [0.5, 0.6) is 5.88 Å². The molecule has 0 aliphatic heterocycles. The highest BCUT2D eigenvalue weighted by Gasteiger charge is 2.20. The Kier molecular flexibility index (Phi) is 6.62. The van der Waals surface area contributed by atoms with Gasteiger partial charge in [0.15, 0.2) is 5.82 Å². The standard InChI is InChI=1S/C22H22ClFN2O2/c1-14-13-26-22(28-10-9-27)21(24)20(14)17-11-16(7-8-19(17)23)18(12-25)15-5-3-2-4-6-15/h2-8,11,13,18,27H,9-10,12,25H2,1H3. The molecule has 0 spiro atoms. The zero-order valence-corrected chi connectivity index (χ0v) is 16.3. The molecule has 6 heteroatoms. The predicted molar refractivity (Wildman–Crippen MR) is 109 cm³/mol. The number of rotatable bonds is 7. The minimum Gasteiger partial charge on any atom is -0.473 e. The van der Waals surface area contributed by atoms with Crippen LogP contribution in [0.1, 0.15) is 22.6 Å². The number of nitrogens with zero attached hydrogens (tertiary/aromatic N) is 1. The number of aliphatic hydroxyl groups excluding tert-OH is 1. The summed E-state index contributed by atoms with van der Waals surface area (Å²) in [5.41, 5.74) is 9.59. The van der Waals surface area contributed by atoms with Crippen LogP contribution >= 0.6 is 11.6 Å². The van der Waals surface area contributed by atoms with E-state index in [0.717, 1.165) is 11.1 Å². The molecule has 1 unspecified atom stereocenters. The maximum atomic E-state index is 15.1. The number of benzene rings is 2. The topological polar surface area (TPSA) is 68.4 Å². The van der Waals surface area contributed by atoms with E-state index in [-0.39, 0.29) is 25.0 Å². The van der Waals surface area contributed by atoms with E-state index in [4.69, 9.17) is 27.2 Å². The fourth-order valence-corrected chi connectivity index (χ4v) is 3.44. The van der Waals surface area contributed by atoms with E-state index in [0.29, 0.717) is 28.3 Å². The first kappa shape index (κ1) is 20.3. The fourth-order valence-electron chi connectivity index (χ4n) is 3.23. The molecule has 3 rings (SSSR count). The number of hydrogen-bond acceptors (Lipinski definition) is 4. The van der Waals surface area contributed by atoms with Gasteiger partial charge >= 0.3 is 0 Å². The Hall–Kier alpha value is -2.47. The van der Waals surface area contributed by atoms with Crippen molar-refractivity contribution in [3.63, 3.8) is 0 Å². The third kappa shape index (κ3) is 4.17. The minimum atomic E-state index is -0.600. The van der Waals surface area contributed by atoms with Crippen LogP contribution in [-0.4, -0.2) is 29.8 Å². The third-order valence-electron chi connectivity index (χ3n) is 4.61. The van der Waals surface area contributed by atoms with E-state index >= 15 is 4.39 Å². The summed E-state index contributed by atoms with van der Waals surface area (Å²) in [5.74, 6) is -0.793. The number of aryl methyl sites for hydroxylation is 1. The van der Waals surface area contributed by atoms with Crippen LogP contribution in [0.15, 0.2) is 54.7 Å². The molecule has 0 saturated carbocycles. The van der Waals surface area contributed by atoms with Crippen molar-refractivity contribution in [2.75, 3.05) is 19.8 Å². The van der Waals surface area contributed by atoms with Crippen LogP contribution in [0.3, 0.4) is 0 Å². The van der Waals surface area contributed by atoms with Gasteiger partial charge in [-0.2, -0.15) is 0 Å². The van der Waals surface area contributed by atoms with Crippen molar-refractivity contribution in [3.05, 3.63) is 82.3 Å². The number of halogens is 2. The van der Waals surface area contributed by atoms with Crippen LogP contribution in [0.4, 0.5) is 4.39 Å². The SMILES string of the molecule is Cc1cnc(OCCO)c(F)c1-c1cc(C(CN)c2ccccc2)ccc1Cl. The lowest BCUT2D eigenvalue weighted by Crippen LogP contribution is -2.14. The molecule has 0 fully saturated rings. The van der Waals surface area contributed by atoms with Crippen LogP contribution in [0.2, 0.25) is 5.02 Å². The largest absolute Gasteiger partial charge is 0.473 e. The molecule has 146 valence electrons. The Bertz CT molecular complexity index is 951. The van der Waals surface area contributed by atoms with Gasteiger partial charge in [-0.15, -0.1) is 0 Å². The first-order valence-electron chi connectivity index (χ1n) is 9.00. The summed E-state index contributed by atoms with van der Waals surface area (Å²) < 4.78 is 20.3. The zero-order valence-electron chi connectivity index (χ0n) is 15.5. The van der Waals surface area contributed by atoms with Gasteiger partial charge in [0.05, 0.1) is 6.61 Å². The highest BCUT2D eigenvalue weighted by Crippen LogP contribution is 2.37. The lowest BCUT2D eigenvalue weighted by atomic mass is 9.89. The maximum absolute atomic E-state index is 15.1. The predicted octanol–water partition coefficient (Wildman–Crippen LogP) is 4.31. The molecule has 0 bridgehead atoms. The summed E-state index contributed by atoms with van der Waals surface area (Å²) in [4.78, 5) is 3.98. The Morgan fingerprint density at radius 3 is 2.61 bits per heavy atom. The molecule has 1 aromatic heterocycles. The number of aliphatic hydroxyl groups is 1. The van der Waals surface area contributed by atoms with Crippen LogP contribution in [0, 0.1) is 12.7 Å². The van der Waals surface area contributed by atoms with Crippen molar-refractivity contribution >= 4 is 11.6 Å². The van der Waals surface area contributed by atoms with Crippen LogP contribution < -0.4 is 10.5 Å². The number of nitrogens with two attached hydrogens (primary N) is 1. The third-order valence-corrected chi connectivity index (χ3v) is 4.94. The molecule has 3 N–H and O–H groups in total. The Morgan fingerprint density at radius 2 is 1.93 bits per heavy atom. The van der Waals surface area contributed by atoms with Gasteiger partial charge in [-0.1, -0.05) is 48.0 Å². The molecule has 1 heterocycles. The molecule has 3 aromatic rings. The maximum Gasteiger partial charge on any atom is 0.251 e. The summed E-state index contributed by atoms with van der Waals surface area (Å²) in [7, 11) is 0. The molecule has 28 heavy (non-hydrogen) atoms. The first-order valence-corrected chi connectivity index (χ1v) is 9.38. The molecule has 0 aliphatic carbocycles. The average Bonchev–Trinajstić information content (AvgIpc) is 2.71. The highest BCUT2D eigenvalue weighted by molar-refractivity contribution is 6.33. The van der Waals surface area contributed by atoms with E-state index in [2.05, 4.69) is 4.98 Å². The zero-order chi connectivity index (χ0) is 20.1. The van der Waals surface area contributed by atoms with Crippen molar-refractivity contribution in [2.45, 2.75) is 12.8 Å². The molecule has 0 saturated heterocycles. The quantitative estimate of drug-likeness (QED) is 0.620. The summed E-state index contributed by atoms with van der Waals surface area (Å²) in [5, 5.41) is 9.35. The molecule has 0 aliphatic rings. The van der Waals surface area contributed by atoms with Gasteiger partial charge in [-0.05, 0) is 35.7 Å². The van der Waals surface area contributed by atoms with Crippen LogP contribution in [-0.2, 0) is 0 Å². The molecule has 2 aromatic carbocycles. The number of hydrogen-bond donors (Lipinski definition) is 2. The summed E-state index contributed by atoms with van der Waals surface area (Å²) in [6, 6.07) is 15.5. The smallest absolute Gasteiger partial charge is 0.251 e. The normalized spacial score (nSPS) is 12.0. The van der Waals surface area contributed by atoms with Crippen molar-refractivity contribution in [1.82, 2.24) is 4.98 Å². The minimum absolute atomic E-state index is 0.0347. The lowest BCUT2D eigenvalue weighted by molar-refractivity contribution is 0.191. The molecule has 4 nitrogen and oxygen atoms in total. The lowest BCUT2D eigenvalue weighted by Gasteiger charge is -2.19. The monoisotopic (exact) mass is 400 g/mol. The van der Waals surface area contributed by atoms with Gasteiger partial charge < -0.3 is 15.6 Å². The summed E-state index contributed by atoms with van der Waals surface area (Å²) >= 11 is 6.43. The first-order chi connectivity index (χ1) is 13.6. The van der Waals surface area contributed by atoms with E-state index in [1.54, 1.807) is 13.0 Å². The van der Waals surface area contributed by atoms with E-state index in [1.165, 1.54) is 6.20 Å².